The van der Waals surface area contributed by atoms with Crippen molar-refractivity contribution in [3.63, 3.8) is 0 Å². The molecule has 2 aromatic rings. The fourth-order valence-electron chi connectivity index (χ4n) is 2.53. The van der Waals surface area contributed by atoms with Crippen molar-refractivity contribution in [1.82, 2.24) is 5.32 Å². The number of halogens is 1. The maximum absolute atomic E-state index is 13.3. The van der Waals surface area contributed by atoms with Crippen molar-refractivity contribution in [1.29, 1.82) is 0 Å². The van der Waals surface area contributed by atoms with E-state index in [0.717, 1.165) is 40.1 Å². The van der Waals surface area contributed by atoms with Gasteiger partial charge in [-0.25, -0.2) is 9.18 Å². The van der Waals surface area contributed by atoms with Gasteiger partial charge in [0, 0.05) is 6.08 Å². The zero-order valence-electron chi connectivity index (χ0n) is 15.1. The van der Waals surface area contributed by atoms with E-state index in [1.807, 2.05) is 31.2 Å². The fraction of sp³-hybridized carbons (Fsp3) is 0.100. The number of carbonyl (C=O) groups excluding carboxylic acids is 2. The number of thioether (sulfide) groups is 1. The number of ether oxygens (including phenoxy) is 1. The van der Waals surface area contributed by atoms with Crippen LogP contribution in [0, 0.1) is 12.7 Å². The molecule has 6 nitrogen and oxygen atoms in total. The van der Waals surface area contributed by atoms with E-state index < -0.39 is 11.9 Å². The van der Waals surface area contributed by atoms with E-state index in [0.29, 0.717) is 0 Å². The van der Waals surface area contributed by atoms with Gasteiger partial charge in [0.05, 0.1) is 18.2 Å². The molecule has 1 heterocycles. The van der Waals surface area contributed by atoms with Crippen LogP contribution in [0.1, 0.15) is 11.1 Å². The Morgan fingerprint density at radius 2 is 2.07 bits per heavy atom. The third kappa shape index (κ3) is 4.72. The van der Waals surface area contributed by atoms with Crippen LogP contribution in [0.15, 0.2) is 63.6 Å². The molecule has 0 spiro atoms. The third-order valence-corrected chi connectivity index (χ3v) is 4.74. The molecule has 0 unspecified atom stereocenters. The molecule has 0 radical (unpaired) electrons. The summed E-state index contributed by atoms with van der Waals surface area (Å²) in [6, 6.07) is 12.2. The summed E-state index contributed by atoms with van der Waals surface area (Å²) in [5, 5.41) is 10.7. The first-order valence-electron chi connectivity index (χ1n) is 8.23. The van der Waals surface area contributed by atoms with Crippen LogP contribution in [-0.2, 0) is 14.3 Å². The average Bonchev–Trinajstić information content (AvgIpc) is 3.01. The lowest BCUT2D eigenvalue weighted by atomic mass is 9.99. The van der Waals surface area contributed by atoms with Gasteiger partial charge in [-0.15, -0.1) is 5.10 Å². The molecular formula is C20H16FN3O3S. The molecule has 0 bridgehead atoms. The first kappa shape index (κ1) is 19.5. The lowest BCUT2D eigenvalue weighted by molar-refractivity contribution is -0.135. The summed E-state index contributed by atoms with van der Waals surface area (Å²) < 4.78 is 17.8. The first-order chi connectivity index (χ1) is 13.5. The van der Waals surface area contributed by atoms with E-state index >= 15 is 0 Å². The molecule has 2 aromatic carbocycles. The molecule has 1 aliphatic rings. The molecule has 1 fully saturated rings. The van der Waals surface area contributed by atoms with Crippen molar-refractivity contribution in [3.8, 4) is 11.1 Å². The molecular weight excluding hydrogens is 381 g/mol. The van der Waals surface area contributed by atoms with Crippen LogP contribution in [0.2, 0.25) is 0 Å². The van der Waals surface area contributed by atoms with Gasteiger partial charge in [0.15, 0.2) is 5.17 Å². The van der Waals surface area contributed by atoms with Crippen molar-refractivity contribution in [2.45, 2.75) is 6.92 Å². The van der Waals surface area contributed by atoms with Gasteiger partial charge in [0.1, 0.15) is 5.82 Å². The minimum atomic E-state index is -0.615. The van der Waals surface area contributed by atoms with E-state index in [4.69, 9.17) is 0 Å². The largest absolute Gasteiger partial charge is 0.466 e. The van der Waals surface area contributed by atoms with Gasteiger partial charge < -0.3 is 4.74 Å². The van der Waals surface area contributed by atoms with Crippen LogP contribution in [0.3, 0.4) is 0 Å². The van der Waals surface area contributed by atoms with E-state index in [1.165, 1.54) is 19.2 Å². The normalized spacial score (nSPS) is 16.8. The smallest absolute Gasteiger partial charge is 0.331 e. The molecule has 28 heavy (non-hydrogen) atoms. The Hall–Kier alpha value is -3.26. The number of amidine groups is 1. The van der Waals surface area contributed by atoms with E-state index in [2.05, 4.69) is 20.3 Å². The molecule has 1 saturated heterocycles. The molecule has 3 rings (SSSR count). The van der Waals surface area contributed by atoms with E-state index in [-0.39, 0.29) is 15.9 Å². The number of carbonyl (C=O) groups is 2. The average molecular weight is 397 g/mol. The highest BCUT2D eigenvalue weighted by Gasteiger charge is 2.24. The van der Waals surface area contributed by atoms with Crippen molar-refractivity contribution < 1.29 is 18.7 Å². The minimum absolute atomic E-state index is 0.189. The molecule has 0 saturated carbocycles. The standard InChI is InChI=1S/C20H16FN3O3S/c1-12-8-15(21)6-7-16(12)14-5-3-4-13(9-14)11-22-24-20-23-19(26)17(28-20)10-18(25)27-2/h3-11H,1-2H3,(H,23,24,26)/b17-10+,22-11?. The predicted molar refractivity (Wildman–Crippen MR) is 107 cm³/mol. The molecule has 1 aliphatic heterocycles. The molecule has 0 atom stereocenters. The second-order valence-corrected chi connectivity index (χ2v) is 6.85. The molecule has 1 N–H and O–H groups in total. The Labute approximate surface area is 165 Å². The summed E-state index contributed by atoms with van der Waals surface area (Å²) in [6.45, 7) is 1.85. The maximum atomic E-state index is 13.3. The Morgan fingerprint density at radius 1 is 1.25 bits per heavy atom. The van der Waals surface area contributed by atoms with Crippen LogP contribution in [0.5, 0.6) is 0 Å². The van der Waals surface area contributed by atoms with Crippen LogP contribution < -0.4 is 5.32 Å². The van der Waals surface area contributed by atoms with Gasteiger partial charge in [0.25, 0.3) is 5.91 Å². The second kappa shape index (κ2) is 8.62. The number of methoxy groups -OCH3 is 1. The molecule has 1 amide bonds. The van der Waals surface area contributed by atoms with Crippen molar-refractivity contribution in [3.05, 3.63) is 70.4 Å². The quantitative estimate of drug-likeness (QED) is 0.371. The highest BCUT2D eigenvalue weighted by Crippen LogP contribution is 2.25. The van der Waals surface area contributed by atoms with Crippen molar-refractivity contribution >= 4 is 35.0 Å². The zero-order valence-corrected chi connectivity index (χ0v) is 15.9. The summed E-state index contributed by atoms with van der Waals surface area (Å²) in [5.41, 5.74) is 3.50. The third-order valence-electron chi connectivity index (χ3n) is 3.84. The SMILES string of the molecule is COC(=O)/C=C1/S/C(=N\N=Cc2cccc(-c3ccc(F)cc3C)c2)NC1=O. The number of rotatable bonds is 4. The Bertz CT molecular complexity index is 1030. The highest BCUT2D eigenvalue weighted by atomic mass is 32.2. The molecule has 142 valence electrons. The maximum Gasteiger partial charge on any atom is 0.331 e. The summed E-state index contributed by atoms with van der Waals surface area (Å²) in [5.74, 6) is -1.32. The summed E-state index contributed by atoms with van der Waals surface area (Å²) in [7, 11) is 1.23. The van der Waals surface area contributed by atoms with Gasteiger partial charge >= 0.3 is 5.97 Å². The number of esters is 1. The number of hydrogen-bond acceptors (Lipinski definition) is 6. The van der Waals surface area contributed by atoms with Gasteiger partial charge in [-0.1, -0.05) is 24.3 Å². The number of hydrogen-bond donors (Lipinski definition) is 1. The van der Waals surface area contributed by atoms with Gasteiger partial charge in [-0.2, -0.15) is 5.10 Å². The van der Waals surface area contributed by atoms with E-state index in [1.54, 1.807) is 12.3 Å². The molecule has 0 aliphatic carbocycles. The number of nitrogens with zero attached hydrogens (tertiary/aromatic N) is 2. The minimum Gasteiger partial charge on any atom is -0.466 e. The zero-order chi connectivity index (χ0) is 20.1. The van der Waals surface area contributed by atoms with Crippen LogP contribution in [0.25, 0.3) is 11.1 Å². The van der Waals surface area contributed by atoms with E-state index in [9.17, 15) is 14.0 Å². The lowest BCUT2D eigenvalue weighted by Crippen LogP contribution is -2.19. The summed E-state index contributed by atoms with van der Waals surface area (Å²) in [4.78, 5) is 23.2. The predicted octanol–water partition coefficient (Wildman–Crippen LogP) is 3.41. The monoisotopic (exact) mass is 397 g/mol. The van der Waals surface area contributed by atoms with Gasteiger partial charge in [-0.3, -0.25) is 10.1 Å². The van der Waals surface area contributed by atoms with Crippen LogP contribution in [0.4, 0.5) is 4.39 Å². The second-order valence-electron chi connectivity index (χ2n) is 5.82. The number of benzene rings is 2. The number of amides is 1. The van der Waals surface area contributed by atoms with Gasteiger partial charge in [0.2, 0.25) is 0 Å². The molecule has 8 heteroatoms. The summed E-state index contributed by atoms with van der Waals surface area (Å²) in [6.07, 6.45) is 2.64. The lowest BCUT2D eigenvalue weighted by Gasteiger charge is -2.06. The number of nitrogens with one attached hydrogen (secondary N) is 1. The topological polar surface area (TPSA) is 80.1 Å². The van der Waals surface area contributed by atoms with Crippen LogP contribution >= 0.6 is 11.8 Å². The fourth-order valence-corrected chi connectivity index (χ4v) is 3.27. The van der Waals surface area contributed by atoms with Crippen molar-refractivity contribution in [2.75, 3.05) is 7.11 Å². The van der Waals surface area contributed by atoms with Crippen molar-refractivity contribution in [2.24, 2.45) is 10.2 Å². The highest BCUT2D eigenvalue weighted by molar-refractivity contribution is 8.18. The first-order valence-corrected chi connectivity index (χ1v) is 9.04. The molecule has 0 aromatic heterocycles. The Morgan fingerprint density at radius 3 is 2.82 bits per heavy atom. The van der Waals surface area contributed by atoms with Gasteiger partial charge in [-0.05, 0) is 59.1 Å². The summed E-state index contributed by atoms with van der Waals surface area (Å²) >= 11 is 1.00. The Balaban J connectivity index is 1.75. The van der Waals surface area contributed by atoms with Crippen LogP contribution in [-0.4, -0.2) is 30.4 Å². The number of aryl methyl sites for hydroxylation is 1. The Kier molecular flexibility index (Phi) is 6.00.